The third kappa shape index (κ3) is 4.79. The van der Waals surface area contributed by atoms with E-state index >= 15 is 0 Å². The highest BCUT2D eigenvalue weighted by molar-refractivity contribution is 5.92. The molecule has 122 valence electrons. The van der Waals surface area contributed by atoms with Crippen LogP contribution in [0.25, 0.3) is 0 Å². The van der Waals surface area contributed by atoms with Gasteiger partial charge in [0.1, 0.15) is 5.69 Å². The summed E-state index contributed by atoms with van der Waals surface area (Å²) in [6, 6.07) is 9.70. The van der Waals surface area contributed by atoms with Gasteiger partial charge in [0.05, 0.1) is 11.9 Å². The quantitative estimate of drug-likeness (QED) is 0.771. The molecule has 0 aliphatic rings. The van der Waals surface area contributed by atoms with Crippen molar-refractivity contribution in [2.45, 2.75) is 20.3 Å². The van der Waals surface area contributed by atoms with Crippen LogP contribution in [0.5, 0.6) is 0 Å². The second-order valence-electron chi connectivity index (χ2n) is 5.41. The Morgan fingerprint density at radius 3 is 2.74 bits per heavy atom. The maximum atomic E-state index is 11.9. The number of anilines is 2. The van der Waals surface area contributed by atoms with E-state index in [4.69, 9.17) is 4.74 Å². The summed E-state index contributed by atoms with van der Waals surface area (Å²) in [5.74, 6) is -0.167. The first-order valence-corrected chi connectivity index (χ1v) is 7.68. The monoisotopic (exact) mass is 313 g/mol. The Morgan fingerprint density at radius 1 is 1.22 bits per heavy atom. The number of amides is 1. The standard InChI is InChI=1S/C18H23N3O2/c1-13-6-4-7-16(14(13)2)21-15-8-9-17(20-12-15)18(22)19-10-5-11-23-3/h4,6-9,12,21H,5,10-11H2,1-3H3,(H,19,22). The smallest absolute Gasteiger partial charge is 0.269 e. The second-order valence-corrected chi connectivity index (χ2v) is 5.41. The molecule has 0 spiro atoms. The molecule has 1 heterocycles. The van der Waals surface area contributed by atoms with E-state index in [9.17, 15) is 4.79 Å². The Labute approximate surface area is 137 Å². The van der Waals surface area contributed by atoms with Crippen LogP contribution in [0.2, 0.25) is 0 Å². The third-order valence-electron chi connectivity index (χ3n) is 3.69. The highest BCUT2D eigenvalue weighted by Gasteiger charge is 2.07. The van der Waals surface area contributed by atoms with Crippen LogP contribution < -0.4 is 10.6 Å². The predicted octanol–water partition coefficient (Wildman–Crippen LogP) is 3.21. The number of aromatic nitrogens is 1. The molecule has 5 nitrogen and oxygen atoms in total. The molecule has 0 saturated carbocycles. The lowest BCUT2D eigenvalue weighted by atomic mass is 10.1. The molecule has 0 bridgehead atoms. The van der Waals surface area contributed by atoms with Crippen molar-refractivity contribution in [1.82, 2.24) is 10.3 Å². The van der Waals surface area contributed by atoms with E-state index in [0.29, 0.717) is 18.8 Å². The normalized spacial score (nSPS) is 10.4. The molecule has 0 aliphatic carbocycles. The van der Waals surface area contributed by atoms with Crippen molar-refractivity contribution in [2.75, 3.05) is 25.6 Å². The van der Waals surface area contributed by atoms with Crippen LogP contribution in [0.4, 0.5) is 11.4 Å². The molecular weight excluding hydrogens is 290 g/mol. The fourth-order valence-electron chi connectivity index (χ4n) is 2.15. The number of nitrogens with one attached hydrogen (secondary N) is 2. The zero-order valence-corrected chi connectivity index (χ0v) is 13.8. The number of pyridine rings is 1. The molecule has 1 aromatic heterocycles. The zero-order chi connectivity index (χ0) is 16.7. The van der Waals surface area contributed by atoms with Gasteiger partial charge in [-0.2, -0.15) is 0 Å². The third-order valence-corrected chi connectivity index (χ3v) is 3.69. The maximum Gasteiger partial charge on any atom is 0.269 e. The van der Waals surface area contributed by atoms with E-state index in [-0.39, 0.29) is 5.91 Å². The summed E-state index contributed by atoms with van der Waals surface area (Å²) < 4.78 is 4.94. The molecular formula is C18H23N3O2. The van der Waals surface area contributed by atoms with E-state index < -0.39 is 0 Å². The summed E-state index contributed by atoms with van der Waals surface area (Å²) in [4.78, 5) is 16.2. The lowest BCUT2D eigenvalue weighted by Gasteiger charge is -2.11. The number of hydrogen-bond acceptors (Lipinski definition) is 4. The number of methoxy groups -OCH3 is 1. The molecule has 23 heavy (non-hydrogen) atoms. The molecule has 2 rings (SSSR count). The van der Waals surface area contributed by atoms with E-state index in [0.717, 1.165) is 17.8 Å². The van der Waals surface area contributed by atoms with Crippen LogP contribution >= 0.6 is 0 Å². The summed E-state index contributed by atoms with van der Waals surface area (Å²) >= 11 is 0. The van der Waals surface area contributed by atoms with Gasteiger partial charge in [0, 0.05) is 25.9 Å². The Bertz CT molecular complexity index is 654. The lowest BCUT2D eigenvalue weighted by molar-refractivity contribution is 0.0943. The fourth-order valence-corrected chi connectivity index (χ4v) is 2.15. The van der Waals surface area contributed by atoms with Crippen molar-refractivity contribution in [3.8, 4) is 0 Å². The van der Waals surface area contributed by atoms with Crippen molar-refractivity contribution in [3.05, 3.63) is 53.3 Å². The number of ether oxygens (including phenoxy) is 1. The Balaban J connectivity index is 1.96. The minimum atomic E-state index is -0.167. The Kier molecular flexibility index (Phi) is 6.11. The average Bonchev–Trinajstić information content (AvgIpc) is 2.56. The number of benzene rings is 1. The van der Waals surface area contributed by atoms with Gasteiger partial charge in [-0.3, -0.25) is 4.79 Å². The number of aryl methyl sites for hydroxylation is 1. The number of nitrogens with zero attached hydrogens (tertiary/aromatic N) is 1. The van der Waals surface area contributed by atoms with Crippen LogP contribution in [0.15, 0.2) is 36.5 Å². The minimum absolute atomic E-state index is 0.167. The van der Waals surface area contributed by atoms with Crippen molar-refractivity contribution in [3.63, 3.8) is 0 Å². The van der Waals surface area contributed by atoms with Crippen LogP contribution in [0.1, 0.15) is 28.0 Å². The highest BCUT2D eigenvalue weighted by atomic mass is 16.5. The van der Waals surface area contributed by atoms with E-state index in [1.807, 2.05) is 18.2 Å². The number of carbonyl (C=O) groups is 1. The summed E-state index contributed by atoms with van der Waals surface area (Å²) in [6.07, 6.45) is 2.46. The van der Waals surface area contributed by atoms with Crippen molar-refractivity contribution in [1.29, 1.82) is 0 Å². The van der Waals surface area contributed by atoms with Crippen molar-refractivity contribution >= 4 is 17.3 Å². The SMILES string of the molecule is COCCCNC(=O)c1ccc(Nc2cccc(C)c2C)cn1. The molecule has 0 fully saturated rings. The largest absolute Gasteiger partial charge is 0.385 e. The maximum absolute atomic E-state index is 11.9. The predicted molar refractivity (Wildman–Crippen MR) is 92.3 cm³/mol. The molecule has 2 N–H and O–H groups in total. The first-order valence-electron chi connectivity index (χ1n) is 7.68. The Morgan fingerprint density at radius 2 is 2.04 bits per heavy atom. The zero-order valence-electron chi connectivity index (χ0n) is 13.8. The van der Waals surface area contributed by atoms with Gasteiger partial charge in [0.15, 0.2) is 0 Å². The summed E-state index contributed by atoms with van der Waals surface area (Å²) in [7, 11) is 1.64. The number of carbonyl (C=O) groups excluding carboxylic acids is 1. The topological polar surface area (TPSA) is 63.2 Å². The fraction of sp³-hybridized carbons (Fsp3) is 0.333. The first-order chi connectivity index (χ1) is 11.1. The van der Waals surface area contributed by atoms with Crippen LogP contribution in [-0.4, -0.2) is 31.2 Å². The van der Waals surface area contributed by atoms with Crippen LogP contribution in [-0.2, 0) is 4.74 Å². The Hall–Kier alpha value is -2.40. The second kappa shape index (κ2) is 8.29. The van der Waals surface area contributed by atoms with Crippen molar-refractivity contribution in [2.24, 2.45) is 0 Å². The lowest BCUT2D eigenvalue weighted by Crippen LogP contribution is -2.26. The van der Waals surface area contributed by atoms with Crippen LogP contribution in [0.3, 0.4) is 0 Å². The molecule has 0 unspecified atom stereocenters. The van der Waals surface area contributed by atoms with Gasteiger partial charge in [0.25, 0.3) is 5.91 Å². The average molecular weight is 313 g/mol. The number of rotatable bonds is 7. The van der Waals surface area contributed by atoms with E-state index in [2.05, 4.69) is 35.5 Å². The molecule has 0 radical (unpaired) electrons. The van der Waals surface area contributed by atoms with Gasteiger partial charge >= 0.3 is 0 Å². The van der Waals surface area contributed by atoms with E-state index in [1.165, 1.54) is 11.1 Å². The van der Waals surface area contributed by atoms with Gasteiger partial charge in [0.2, 0.25) is 0 Å². The van der Waals surface area contributed by atoms with Gasteiger partial charge in [-0.05, 0) is 49.6 Å². The molecule has 1 amide bonds. The van der Waals surface area contributed by atoms with Gasteiger partial charge in [-0.25, -0.2) is 4.98 Å². The molecule has 0 aliphatic heterocycles. The van der Waals surface area contributed by atoms with Gasteiger partial charge < -0.3 is 15.4 Å². The molecule has 1 aromatic carbocycles. The van der Waals surface area contributed by atoms with E-state index in [1.54, 1.807) is 19.4 Å². The highest BCUT2D eigenvalue weighted by Crippen LogP contribution is 2.22. The summed E-state index contributed by atoms with van der Waals surface area (Å²) in [5, 5.41) is 6.15. The summed E-state index contributed by atoms with van der Waals surface area (Å²) in [6.45, 7) is 5.37. The van der Waals surface area contributed by atoms with Crippen molar-refractivity contribution < 1.29 is 9.53 Å². The summed E-state index contributed by atoms with van der Waals surface area (Å²) in [5.41, 5.74) is 4.75. The molecule has 0 atom stereocenters. The molecule has 5 heteroatoms. The number of hydrogen-bond donors (Lipinski definition) is 2. The first kappa shape index (κ1) is 17.0. The molecule has 0 saturated heterocycles. The van der Waals surface area contributed by atoms with Gasteiger partial charge in [-0.15, -0.1) is 0 Å². The van der Waals surface area contributed by atoms with Crippen LogP contribution in [0, 0.1) is 13.8 Å². The minimum Gasteiger partial charge on any atom is -0.385 e. The van der Waals surface area contributed by atoms with Gasteiger partial charge in [-0.1, -0.05) is 12.1 Å². The molecule has 2 aromatic rings.